The summed E-state index contributed by atoms with van der Waals surface area (Å²) in [6.07, 6.45) is 6.82. The molecule has 0 amide bonds. The molecule has 0 N–H and O–H groups in total. The molecule has 1 aliphatic carbocycles. The molecule has 0 bridgehead atoms. The third-order valence-corrected chi connectivity index (χ3v) is 6.16. The van der Waals surface area contributed by atoms with Crippen LogP contribution in [0.3, 0.4) is 0 Å². The van der Waals surface area contributed by atoms with Crippen molar-refractivity contribution in [1.29, 1.82) is 0 Å². The first-order valence-corrected chi connectivity index (χ1v) is 10.9. The number of anilines is 1. The lowest BCUT2D eigenvalue weighted by atomic mass is 10.0. The number of morpholine rings is 1. The number of benzene rings is 1. The number of nitrogens with zero attached hydrogens (tertiary/aromatic N) is 3. The summed E-state index contributed by atoms with van der Waals surface area (Å²) in [6.45, 7) is 3.80. The van der Waals surface area contributed by atoms with Gasteiger partial charge in [0.25, 0.3) is 5.56 Å². The van der Waals surface area contributed by atoms with Crippen LogP contribution in [-0.4, -0.2) is 35.9 Å². The van der Waals surface area contributed by atoms with E-state index in [-0.39, 0.29) is 5.56 Å². The van der Waals surface area contributed by atoms with E-state index in [1.807, 2.05) is 42.7 Å². The summed E-state index contributed by atoms with van der Waals surface area (Å²) in [5, 5.41) is 0. The van der Waals surface area contributed by atoms with Gasteiger partial charge in [0.1, 0.15) is 0 Å². The molecule has 152 valence electrons. The first-order valence-electron chi connectivity index (χ1n) is 10.1. The number of aromatic nitrogens is 2. The van der Waals surface area contributed by atoms with Crippen LogP contribution in [-0.2, 0) is 17.7 Å². The fourth-order valence-electron chi connectivity index (χ4n) is 4.09. The highest BCUT2D eigenvalue weighted by Crippen LogP contribution is 2.33. The molecular formula is C24H22BrN3O2. The molecule has 1 aliphatic heterocycles. The minimum absolute atomic E-state index is 0.000816. The van der Waals surface area contributed by atoms with Crippen LogP contribution < -0.4 is 10.5 Å². The van der Waals surface area contributed by atoms with Crippen LogP contribution in [0, 0.1) is 0 Å². The molecule has 6 heteroatoms. The summed E-state index contributed by atoms with van der Waals surface area (Å²) < 4.78 is 8.22. The third kappa shape index (κ3) is 3.85. The molecule has 3 heterocycles. The summed E-state index contributed by atoms with van der Waals surface area (Å²) in [5.41, 5.74) is 6.45. The largest absolute Gasteiger partial charge is 0.378 e. The second-order valence-corrected chi connectivity index (χ2v) is 8.54. The average molecular weight is 464 g/mol. The van der Waals surface area contributed by atoms with Crippen molar-refractivity contribution < 1.29 is 4.74 Å². The molecule has 2 aromatic heterocycles. The molecule has 3 aromatic rings. The highest BCUT2D eigenvalue weighted by Gasteiger charge is 2.20. The van der Waals surface area contributed by atoms with E-state index >= 15 is 0 Å². The van der Waals surface area contributed by atoms with Gasteiger partial charge in [-0.05, 0) is 41.0 Å². The molecule has 0 radical (unpaired) electrons. The van der Waals surface area contributed by atoms with Crippen LogP contribution in [0.2, 0.25) is 0 Å². The van der Waals surface area contributed by atoms with Crippen molar-refractivity contribution in [3.63, 3.8) is 0 Å². The Morgan fingerprint density at radius 1 is 1.10 bits per heavy atom. The van der Waals surface area contributed by atoms with E-state index in [1.54, 1.807) is 10.6 Å². The first kappa shape index (κ1) is 19.3. The summed E-state index contributed by atoms with van der Waals surface area (Å²) in [5.74, 6) is 0. The van der Waals surface area contributed by atoms with E-state index < -0.39 is 0 Å². The van der Waals surface area contributed by atoms with Gasteiger partial charge in [-0.1, -0.05) is 34.1 Å². The molecule has 0 spiro atoms. The average Bonchev–Trinajstić information content (AvgIpc) is 3.19. The lowest BCUT2D eigenvalue weighted by molar-refractivity contribution is 0.122. The highest BCUT2D eigenvalue weighted by atomic mass is 79.9. The quantitative estimate of drug-likeness (QED) is 0.588. The smallest absolute Gasteiger partial charge is 0.251 e. The van der Waals surface area contributed by atoms with Crippen LogP contribution in [0.5, 0.6) is 0 Å². The van der Waals surface area contributed by atoms with Gasteiger partial charge >= 0.3 is 0 Å². The van der Waals surface area contributed by atoms with Crippen LogP contribution >= 0.6 is 15.9 Å². The van der Waals surface area contributed by atoms with Gasteiger partial charge in [-0.3, -0.25) is 9.78 Å². The Hall–Kier alpha value is -2.70. The molecule has 30 heavy (non-hydrogen) atoms. The number of fused-ring (bicyclic) bond motifs is 1. The zero-order valence-corrected chi connectivity index (χ0v) is 18.1. The molecule has 1 aromatic carbocycles. The Morgan fingerprint density at radius 3 is 2.77 bits per heavy atom. The van der Waals surface area contributed by atoms with Gasteiger partial charge in [0.2, 0.25) is 0 Å². The Kier molecular flexibility index (Phi) is 5.27. The molecule has 5 nitrogen and oxygen atoms in total. The van der Waals surface area contributed by atoms with Gasteiger partial charge in [0.05, 0.1) is 37.3 Å². The molecule has 0 saturated carbocycles. The number of hydrogen-bond donors (Lipinski definition) is 0. The van der Waals surface area contributed by atoms with Crippen LogP contribution in [0.1, 0.15) is 22.4 Å². The summed E-state index contributed by atoms with van der Waals surface area (Å²) in [6, 6.07) is 14.0. The number of rotatable bonds is 4. The molecular weight excluding hydrogens is 442 g/mol. The monoisotopic (exact) mass is 463 g/mol. The van der Waals surface area contributed by atoms with Crippen LogP contribution in [0.15, 0.2) is 70.2 Å². The number of pyridine rings is 2. The number of halogens is 1. The highest BCUT2D eigenvalue weighted by molar-refractivity contribution is 9.10. The Bertz CT molecular complexity index is 1180. The fourth-order valence-corrected chi connectivity index (χ4v) is 4.54. The van der Waals surface area contributed by atoms with E-state index in [1.165, 1.54) is 0 Å². The Labute approximate surface area is 183 Å². The van der Waals surface area contributed by atoms with Crippen LogP contribution in [0.25, 0.3) is 5.57 Å². The molecule has 1 fully saturated rings. The second kappa shape index (κ2) is 8.20. The van der Waals surface area contributed by atoms with E-state index in [9.17, 15) is 4.79 Å². The predicted molar refractivity (Wildman–Crippen MR) is 122 cm³/mol. The number of ether oxygens (including phenoxy) is 1. The molecule has 0 atom stereocenters. The van der Waals surface area contributed by atoms with Gasteiger partial charge in [0, 0.05) is 41.8 Å². The van der Waals surface area contributed by atoms with Gasteiger partial charge in [-0.2, -0.15) is 0 Å². The maximum absolute atomic E-state index is 12.8. The normalized spacial score (nSPS) is 15.8. The minimum Gasteiger partial charge on any atom is -0.378 e. The fraction of sp³-hybridized carbons (Fsp3) is 0.250. The SMILES string of the molecule is O=c1cc(C2=CCc3ncc(N4CCOCC4)cc32)ccn1Cc1cccc(Br)c1. The maximum Gasteiger partial charge on any atom is 0.251 e. The maximum atomic E-state index is 12.8. The third-order valence-electron chi connectivity index (χ3n) is 5.67. The van der Waals surface area contributed by atoms with Gasteiger partial charge < -0.3 is 14.2 Å². The summed E-state index contributed by atoms with van der Waals surface area (Å²) >= 11 is 3.49. The van der Waals surface area contributed by atoms with Crippen molar-refractivity contribution in [2.24, 2.45) is 0 Å². The first-order chi connectivity index (χ1) is 14.7. The summed E-state index contributed by atoms with van der Waals surface area (Å²) in [4.78, 5) is 19.8. The molecule has 2 aliphatic rings. The molecule has 1 saturated heterocycles. The summed E-state index contributed by atoms with van der Waals surface area (Å²) in [7, 11) is 0. The Balaban J connectivity index is 1.42. The van der Waals surface area contributed by atoms with Crippen LogP contribution in [0.4, 0.5) is 5.69 Å². The minimum atomic E-state index is -0.000816. The second-order valence-electron chi connectivity index (χ2n) is 7.62. The number of allylic oxidation sites excluding steroid dienone is 1. The number of hydrogen-bond acceptors (Lipinski definition) is 4. The standard InChI is InChI=1S/C24H22BrN3O2/c25-19-3-1-2-17(12-19)16-28-7-6-18(13-24(28)29)21-4-5-23-22(21)14-20(15-26-23)27-8-10-30-11-9-27/h1-4,6-7,12-15H,5,8-11,16H2. The van der Waals surface area contributed by atoms with E-state index in [4.69, 9.17) is 9.72 Å². The van der Waals surface area contributed by atoms with Crippen molar-refractivity contribution in [3.8, 4) is 0 Å². The van der Waals surface area contributed by atoms with Gasteiger partial charge in [0.15, 0.2) is 0 Å². The zero-order valence-electron chi connectivity index (χ0n) is 16.6. The van der Waals surface area contributed by atoms with Crippen molar-refractivity contribution >= 4 is 27.2 Å². The lowest BCUT2D eigenvalue weighted by Gasteiger charge is -2.29. The molecule has 5 rings (SSSR count). The van der Waals surface area contributed by atoms with Crippen molar-refractivity contribution in [2.45, 2.75) is 13.0 Å². The Morgan fingerprint density at radius 2 is 1.97 bits per heavy atom. The lowest BCUT2D eigenvalue weighted by Crippen LogP contribution is -2.36. The van der Waals surface area contributed by atoms with E-state index in [2.05, 4.69) is 33.0 Å². The van der Waals surface area contributed by atoms with Gasteiger partial charge in [-0.25, -0.2) is 0 Å². The van der Waals surface area contributed by atoms with Crippen molar-refractivity contribution in [1.82, 2.24) is 9.55 Å². The van der Waals surface area contributed by atoms with E-state index in [0.29, 0.717) is 6.54 Å². The predicted octanol–water partition coefficient (Wildman–Crippen LogP) is 3.88. The van der Waals surface area contributed by atoms with E-state index in [0.717, 1.165) is 70.8 Å². The topological polar surface area (TPSA) is 47.4 Å². The zero-order chi connectivity index (χ0) is 20.5. The van der Waals surface area contributed by atoms with Crippen molar-refractivity contribution in [2.75, 3.05) is 31.2 Å². The van der Waals surface area contributed by atoms with Gasteiger partial charge in [-0.15, -0.1) is 0 Å². The molecule has 0 unspecified atom stereocenters. The van der Waals surface area contributed by atoms with Crippen molar-refractivity contribution in [3.05, 3.63) is 98.1 Å².